The van der Waals surface area contributed by atoms with Crippen molar-refractivity contribution in [2.75, 3.05) is 6.26 Å². The number of carboxylic acid groups (broad SMARTS) is 1. The van der Waals surface area contributed by atoms with Crippen LogP contribution < -0.4 is 4.74 Å². The number of carboxylic acids is 1. The average Bonchev–Trinajstić information content (AvgIpc) is 2.34. The standard InChI is InChI=1S/C12H11F3O5S/c1-21(18,19)7-2-3-9-6(4-7)5-8(11(16)17)10(20-9)12(13,14)15/h2-4,8,10H,5H2,1H3,(H,16,17). The molecule has 0 amide bonds. The minimum absolute atomic E-state index is 0.0977. The second kappa shape index (κ2) is 4.90. The minimum atomic E-state index is -4.82. The summed E-state index contributed by atoms with van der Waals surface area (Å²) in [6.45, 7) is 0. The molecule has 1 aliphatic heterocycles. The van der Waals surface area contributed by atoms with Gasteiger partial charge in [-0.2, -0.15) is 13.2 Å². The van der Waals surface area contributed by atoms with Gasteiger partial charge in [0, 0.05) is 6.26 Å². The third kappa shape index (κ3) is 3.12. The van der Waals surface area contributed by atoms with E-state index in [1.807, 2.05) is 0 Å². The Hall–Kier alpha value is -1.77. The maximum Gasteiger partial charge on any atom is 0.426 e. The Morgan fingerprint density at radius 1 is 1.38 bits per heavy atom. The molecule has 0 aromatic heterocycles. The summed E-state index contributed by atoms with van der Waals surface area (Å²) in [4.78, 5) is 10.9. The average molecular weight is 324 g/mol. The van der Waals surface area contributed by atoms with Crippen LogP contribution in [-0.4, -0.2) is 38.0 Å². The lowest BCUT2D eigenvalue weighted by Gasteiger charge is -2.32. The normalized spacial score (nSPS) is 22.3. The summed E-state index contributed by atoms with van der Waals surface area (Å²) < 4.78 is 66.1. The summed E-state index contributed by atoms with van der Waals surface area (Å²) in [5, 5.41) is 8.93. The number of fused-ring (bicyclic) bond motifs is 1. The zero-order valence-corrected chi connectivity index (χ0v) is 11.5. The number of hydrogen-bond acceptors (Lipinski definition) is 4. The molecular weight excluding hydrogens is 313 g/mol. The lowest BCUT2D eigenvalue weighted by atomic mass is 9.90. The summed E-state index contributed by atoms with van der Waals surface area (Å²) in [6.07, 6.45) is -6.77. The second-order valence-electron chi connectivity index (χ2n) is 4.77. The number of aliphatic carboxylic acids is 1. The van der Waals surface area contributed by atoms with E-state index in [9.17, 15) is 26.4 Å². The van der Waals surface area contributed by atoms with Crippen LogP contribution >= 0.6 is 0 Å². The van der Waals surface area contributed by atoms with Crippen molar-refractivity contribution in [1.82, 2.24) is 0 Å². The Bertz CT molecular complexity index is 681. The lowest BCUT2D eigenvalue weighted by Crippen LogP contribution is -2.47. The molecule has 0 bridgehead atoms. The number of benzene rings is 1. The van der Waals surface area contributed by atoms with Gasteiger partial charge in [-0.25, -0.2) is 8.42 Å². The molecule has 116 valence electrons. The van der Waals surface area contributed by atoms with E-state index in [0.717, 1.165) is 24.5 Å². The van der Waals surface area contributed by atoms with Crippen molar-refractivity contribution in [1.29, 1.82) is 0 Å². The predicted molar refractivity (Wildman–Crippen MR) is 64.9 cm³/mol. The van der Waals surface area contributed by atoms with Crippen LogP contribution in [0.5, 0.6) is 5.75 Å². The molecule has 2 rings (SSSR count). The number of carbonyl (C=O) groups is 1. The number of hydrogen-bond donors (Lipinski definition) is 1. The second-order valence-corrected chi connectivity index (χ2v) is 6.79. The van der Waals surface area contributed by atoms with Gasteiger partial charge in [-0.05, 0) is 30.2 Å². The highest BCUT2D eigenvalue weighted by molar-refractivity contribution is 7.90. The highest BCUT2D eigenvalue weighted by Gasteiger charge is 2.52. The Labute approximate surface area is 118 Å². The van der Waals surface area contributed by atoms with Crippen LogP contribution in [0.4, 0.5) is 13.2 Å². The Morgan fingerprint density at radius 2 is 2.00 bits per heavy atom. The first kappa shape index (κ1) is 15.6. The SMILES string of the molecule is CS(=O)(=O)c1ccc2c(c1)CC(C(=O)O)C(C(F)(F)F)O2. The summed E-state index contributed by atoms with van der Waals surface area (Å²) in [5.41, 5.74) is 0.130. The molecule has 0 aliphatic carbocycles. The monoisotopic (exact) mass is 324 g/mol. The molecule has 1 heterocycles. The Morgan fingerprint density at radius 3 is 2.48 bits per heavy atom. The zero-order valence-electron chi connectivity index (χ0n) is 10.7. The molecule has 2 atom stereocenters. The lowest BCUT2D eigenvalue weighted by molar-refractivity contribution is -0.217. The van der Waals surface area contributed by atoms with Crippen LogP contribution in [0.2, 0.25) is 0 Å². The van der Waals surface area contributed by atoms with E-state index in [1.165, 1.54) is 0 Å². The van der Waals surface area contributed by atoms with Crippen LogP contribution in [0.15, 0.2) is 23.1 Å². The van der Waals surface area contributed by atoms with Crippen LogP contribution in [0.1, 0.15) is 5.56 Å². The van der Waals surface area contributed by atoms with Crippen molar-refractivity contribution in [2.24, 2.45) is 5.92 Å². The molecule has 0 spiro atoms. The molecule has 21 heavy (non-hydrogen) atoms. The van der Waals surface area contributed by atoms with Crippen LogP contribution in [0.25, 0.3) is 0 Å². The van der Waals surface area contributed by atoms with Gasteiger partial charge < -0.3 is 9.84 Å². The number of sulfone groups is 1. The summed E-state index contributed by atoms with van der Waals surface area (Å²) in [6, 6.07) is 3.39. The maximum atomic E-state index is 12.8. The van der Waals surface area contributed by atoms with E-state index >= 15 is 0 Å². The minimum Gasteiger partial charge on any atom is -0.481 e. The fourth-order valence-electron chi connectivity index (χ4n) is 2.14. The van der Waals surface area contributed by atoms with Crippen molar-refractivity contribution in [2.45, 2.75) is 23.6 Å². The van der Waals surface area contributed by atoms with Gasteiger partial charge >= 0.3 is 12.1 Å². The van der Waals surface area contributed by atoms with Crippen LogP contribution in [0.3, 0.4) is 0 Å². The smallest absolute Gasteiger partial charge is 0.426 e. The van der Waals surface area contributed by atoms with Crippen molar-refractivity contribution in [3.05, 3.63) is 23.8 Å². The molecule has 1 aromatic rings. The van der Waals surface area contributed by atoms with Gasteiger partial charge in [0.25, 0.3) is 0 Å². The van der Waals surface area contributed by atoms with E-state index < -0.39 is 40.4 Å². The van der Waals surface area contributed by atoms with Gasteiger partial charge in [0.2, 0.25) is 6.10 Å². The quantitative estimate of drug-likeness (QED) is 0.895. The first-order chi connectivity index (χ1) is 9.50. The summed E-state index contributed by atoms with van der Waals surface area (Å²) in [5.74, 6) is -3.61. The van der Waals surface area contributed by atoms with E-state index in [-0.39, 0.29) is 16.2 Å². The van der Waals surface area contributed by atoms with Crippen molar-refractivity contribution in [3.63, 3.8) is 0 Å². The summed E-state index contributed by atoms with van der Waals surface area (Å²) in [7, 11) is -3.54. The van der Waals surface area contributed by atoms with E-state index in [4.69, 9.17) is 9.84 Å². The fourth-order valence-corrected chi connectivity index (χ4v) is 2.81. The molecule has 1 N–H and O–H groups in total. The van der Waals surface area contributed by atoms with Crippen molar-refractivity contribution in [3.8, 4) is 5.75 Å². The molecule has 1 aliphatic rings. The van der Waals surface area contributed by atoms with E-state index in [0.29, 0.717) is 0 Å². The van der Waals surface area contributed by atoms with Gasteiger partial charge in [0.15, 0.2) is 9.84 Å². The largest absolute Gasteiger partial charge is 0.481 e. The topological polar surface area (TPSA) is 80.7 Å². The highest BCUT2D eigenvalue weighted by Crippen LogP contribution is 2.39. The maximum absolute atomic E-state index is 12.8. The third-order valence-electron chi connectivity index (χ3n) is 3.16. The van der Waals surface area contributed by atoms with Crippen molar-refractivity contribution >= 4 is 15.8 Å². The number of halogens is 3. The van der Waals surface area contributed by atoms with Crippen LogP contribution in [0, 0.1) is 5.92 Å². The molecular formula is C12H11F3O5S. The molecule has 0 saturated carbocycles. The van der Waals surface area contributed by atoms with Crippen molar-refractivity contribution < 1.29 is 36.2 Å². The van der Waals surface area contributed by atoms with Gasteiger partial charge in [-0.3, -0.25) is 4.79 Å². The Balaban J connectivity index is 2.47. The number of ether oxygens (including phenoxy) is 1. The fraction of sp³-hybridized carbons (Fsp3) is 0.417. The molecule has 2 unspecified atom stereocenters. The van der Waals surface area contributed by atoms with E-state index in [1.54, 1.807) is 0 Å². The molecule has 1 aromatic carbocycles. The molecule has 5 nitrogen and oxygen atoms in total. The molecule has 0 saturated heterocycles. The zero-order chi connectivity index (χ0) is 16.0. The molecule has 0 radical (unpaired) electrons. The third-order valence-corrected chi connectivity index (χ3v) is 4.27. The molecule has 0 fully saturated rings. The molecule has 9 heteroatoms. The van der Waals surface area contributed by atoms with Crippen LogP contribution in [-0.2, 0) is 21.1 Å². The first-order valence-electron chi connectivity index (χ1n) is 5.79. The summed E-state index contributed by atoms with van der Waals surface area (Å²) >= 11 is 0. The highest BCUT2D eigenvalue weighted by atomic mass is 32.2. The first-order valence-corrected chi connectivity index (χ1v) is 7.68. The van der Waals surface area contributed by atoms with Gasteiger partial charge in [0.1, 0.15) is 11.7 Å². The predicted octanol–water partition coefficient (Wildman–Crippen LogP) is 1.66. The van der Waals surface area contributed by atoms with E-state index in [2.05, 4.69) is 0 Å². The number of alkyl halides is 3. The van der Waals surface area contributed by atoms with Gasteiger partial charge in [-0.15, -0.1) is 0 Å². The van der Waals surface area contributed by atoms with Gasteiger partial charge in [0.05, 0.1) is 4.90 Å². The number of rotatable bonds is 2. The van der Waals surface area contributed by atoms with Gasteiger partial charge in [-0.1, -0.05) is 0 Å². The Kier molecular flexibility index (Phi) is 3.64.